The van der Waals surface area contributed by atoms with Gasteiger partial charge in [-0.3, -0.25) is 4.79 Å². The van der Waals surface area contributed by atoms with Crippen molar-refractivity contribution in [3.63, 3.8) is 0 Å². The first kappa shape index (κ1) is 41.7. The van der Waals surface area contributed by atoms with Gasteiger partial charge in [0.25, 0.3) is 0 Å². The van der Waals surface area contributed by atoms with Crippen LogP contribution in [0.15, 0.2) is 132 Å². The van der Waals surface area contributed by atoms with E-state index in [1.54, 1.807) is 30.3 Å². The summed E-state index contributed by atoms with van der Waals surface area (Å²) in [6.07, 6.45) is -0.136. The van der Waals surface area contributed by atoms with Crippen molar-refractivity contribution < 1.29 is 32.9 Å². The molecular formula is C46H50ClN3O7S. The molecule has 5 aromatic rings. The zero-order chi connectivity index (χ0) is 40.9. The number of nitrogens with one attached hydrogen (secondary N) is 2. The molecule has 0 aliphatic carbocycles. The highest BCUT2D eigenvalue weighted by Crippen LogP contribution is 2.43. The Labute approximate surface area is 345 Å². The van der Waals surface area contributed by atoms with Gasteiger partial charge in [-0.05, 0) is 84.8 Å². The smallest absolute Gasteiger partial charge is 0.242 e. The molecule has 0 aromatic heterocycles. The summed E-state index contributed by atoms with van der Waals surface area (Å²) in [5.41, 5.74) is 4.54. The summed E-state index contributed by atoms with van der Waals surface area (Å²) in [4.78, 5) is 16.4. The topological polar surface area (TPSA) is 137 Å². The van der Waals surface area contributed by atoms with Crippen molar-refractivity contribution in [1.29, 1.82) is 0 Å². The molecule has 10 nitrogen and oxygen atoms in total. The van der Waals surface area contributed by atoms with Crippen LogP contribution in [-0.4, -0.2) is 61.2 Å². The molecule has 304 valence electrons. The van der Waals surface area contributed by atoms with E-state index in [2.05, 4.69) is 21.9 Å². The van der Waals surface area contributed by atoms with Gasteiger partial charge in [-0.1, -0.05) is 115 Å². The maximum absolute atomic E-state index is 14.0. The van der Waals surface area contributed by atoms with Gasteiger partial charge in [-0.2, -0.15) is 4.72 Å². The van der Waals surface area contributed by atoms with Gasteiger partial charge in [0.15, 0.2) is 6.29 Å². The van der Waals surface area contributed by atoms with Crippen LogP contribution in [0, 0.1) is 12.8 Å². The Bertz CT molecular complexity index is 2250. The van der Waals surface area contributed by atoms with Crippen molar-refractivity contribution in [3.8, 4) is 0 Å². The second-order valence-corrected chi connectivity index (χ2v) is 17.6. The molecule has 4 N–H and O–H groups in total. The lowest BCUT2D eigenvalue weighted by molar-refractivity contribution is -0.277. The number of ether oxygens (including phenoxy) is 2. The van der Waals surface area contributed by atoms with Gasteiger partial charge in [0.1, 0.15) is 6.04 Å². The van der Waals surface area contributed by atoms with E-state index in [1.807, 2.05) is 91.9 Å². The molecule has 0 bridgehead atoms. The van der Waals surface area contributed by atoms with Gasteiger partial charge in [0.2, 0.25) is 15.9 Å². The summed E-state index contributed by atoms with van der Waals surface area (Å²) >= 11 is 6.12. The fourth-order valence-electron chi connectivity index (χ4n) is 7.74. The number of aryl methyl sites for hydroxylation is 1. The van der Waals surface area contributed by atoms with Crippen LogP contribution in [0.25, 0.3) is 0 Å². The number of nitrogens with zero attached hydrogens (tertiary/aromatic N) is 1. The number of hydrogen-bond acceptors (Lipinski definition) is 8. The van der Waals surface area contributed by atoms with Gasteiger partial charge >= 0.3 is 0 Å². The highest BCUT2D eigenvalue weighted by atomic mass is 35.5. The molecule has 5 aromatic carbocycles. The Balaban J connectivity index is 1.10. The summed E-state index contributed by atoms with van der Waals surface area (Å²) in [6, 6.07) is 37.0. The maximum atomic E-state index is 14.0. The monoisotopic (exact) mass is 823 g/mol. The number of anilines is 1. The minimum absolute atomic E-state index is 0.0588. The number of hydrogen-bond donors (Lipinski definition) is 4. The predicted octanol–water partition coefficient (Wildman–Crippen LogP) is 7.44. The second-order valence-electron chi connectivity index (χ2n) is 15.5. The maximum Gasteiger partial charge on any atom is 0.242 e. The molecule has 2 saturated heterocycles. The minimum atomic E-state index is -4.03. The van der Waals surface area contributed by atoms with Crippen LogP contribution in [0.2, 0.25) is 5.02 Å². The van der Waals surface area contributed by atoms with E-state index in [1.165, 1.54) is 12.1 Å². The Hall–Kier alpha value is -4.43. The van der Waals surface area contributed by atoms with Crippen molar-refractivity contribution in [2.24, 2.45) is 5.92 Å². The molecule has 2 aliphatic rings. The summed E-state index contributed by atoms with van der Waals surface area (Å²) in [6.45, 7) is 5.88. The summed E-state index contributed by atoms with van der Waals surface area (Å²) in [5, 5.41) is 24.8. The first-order chi connectivity index (χ1) is 27.9. The van der Waals surface area contributed by atoms with Crippen molar-refractivity contribution in [3.05, 3.63) is 166 Å². The van der Waals surface area contributed by atoms with E-state index < -0.39 is 33.9 Å². The number of benzene rings is 5. The van der Waals surface area contributed by atoms with Crippen molar-refractivity contribution in [2.45, 2.75) is 74.8 Å². The standard InChI is InChI=1S/C46H50ClN3O7S/c1-31-11-21-40(22-12-31)58(54,55)49-41(27-33-7-4-3-5-8-33)44(52)48-39-10-6-9-36(28-39)45-56-42(32(2)43(57-45)35-15-13-34(30-51)14-16-35)29-50-25-23-46(53,24-26-50)37-17-19-38(47)20-18-37/h3-22,28,32,41-43,45,49,51,53H,23-27,29-30H2,1-2H3,(H,48,52)/t32-,41+,42+,43+,45?/m0/s1. The highest BCUT2D eigenvalue weighted by molar-refractivity contribution is 7.89. The Morgan fingerprint density at radius 1 is 0.862 bits per heavy atom. The highest BCUT2D eigenvalue weighted by Gasteiger charge is 2.41. The van der Waals surface area contributed by atoms with Gasteiger partial charge < -0.3 is 29.9 Å². The SMILES string of the molecule is Cc1ccc(S(=O)(=O)N[C@H](Cc2ccccc2)C(=O)Nc2cccc(C3O[C@H](CN4CCC(O)(c5ccc(Cl)cc5)CC4)[C@H](C)[C@H](c4ccc(CO)cc4)O3)c2)cc1. The molecular weight excluding hydrogens is 774 g/mol. The van der Waals surface area contributed by atoms with Gasteiger partial charge in [-0.25, -0.2) is 8.42 Å². The minimum Gasteiger partial charge on any atom is -0.392 e. The number of carbonyl (C=O) groups is 1. The van der Waals surface area contributed by atoms with E-state index in [9.17, 15) is 23.4 Å². The average molecular weight is 824 g/mol. The van der Waals surface area contributed by atoms with Crippen LogP contribution >= 0.6 is 11.6 Å². The number of aliphatic hydroxyl groups excluding tert-OH is 1. The first-order valence-electron chi connectivity index (χ1n) is 19.6. The number of sulfonamides is 1. The van der Waals surface area contributed by atoms with Crippen LogP contribution in [0.5, 0.6) is 0 Å². The Kier molecular flexibility index (Phi) is 13.1. The molecule has 1 amide bonds. The third-order valence-corrected chi connectivity index (χ3v) is 13.0. The van der Waals surface area contributed by atoms with Crippen LogP contribution in [0.1, 0.15) is 65.5 Å². The van der Waals surface area contributed by atoms with Crippen LogP contribution in [0.3, 0.4) is 0 Å². The van der Waals surface area contributed by atoms with Gasteiger partial charge in [0.05, 0.1) is 29.3 Å². The fourth-order valence-corrected chi connectivity index (χ4v) is 9.06. The largest absolute Gasteiger partial charge is 0.392 e. The van der Waals surface area contributed by atoms with E-state index in [-0.39, 0.29) is 36.0 Å². The van der Waals surface area contributed by atoms with Crippen molar-refractivity contribution in [2.75, 3.05) is 25.0 Å². The number of likely N-dealkylation sites (tertiary alicyclic amines) is 1. The number of halogens is 1. The molecule has 5 atom stereocenters. The van der Waals surface area contributed by atoms with E-state index in [0.717, 1.165) is 27.8 Å². The molecule has 0 spiro atoms. The quantitative estimate of drug-likeness (QED) is 0.0962. The van der Waals surface area contributed by atoms with Crippen LogP contribution in [-0.2, 0) is 42.9 Å². The molecule has 2 aliphatic heterocycles. The van der Waals surface area contributed by atoms with Crippen LogP contribution < -0.4 is 10.0 Å². The van der Waals surface area contributed by atoms with Crippen LogP contribution in [0.4, 0.5) is 5.69 Å². The second kappa shape index (κ2) is 18.2. The summed E-state index contributed by atoms with van der Waals surface area (Å²) < 4.78 is 43.1. The molecule has 2 fully saturated rings. The molecule has 2 heterocycles. The summed E-state index contributed by atoms with van der Waals surface area (Å²) in [5.74, 6) is -0.573. The molecule has 58 heavy (non-hydrogen) atoms. The van der Waals surface area contributed by atoms with E-state index in [4.69, 9.17) is 21.1 Å². The van der Waals surface area contributed by atoms with E-state index in [0.29, 0.717) is 48.7 Å². The normalized spacial score (nSPS) is 21.6. The third kappa shape index (κ3) is 10.0. The molecule has 0 radical (unpaired) electrons. The number of carbonyl (C=O) groups excluding carboxylic acids is 1. The Morgan fingerprint density at radius 3 is 2.22 bits per heavy atom. The predicted molar refractivity (Wildman–Crippen MR) is 224 cm³/mol. The molecule has 0 saturated carbocycles. The Morgan fingerprint density at radius 2 is 1.55 bits per heavy atom. The van der Waals surface area contributed by atoms with Crippen molar-refractivity contribution in [1.82, 2.24) is 9.62 Å². The zero-order valence-corrected chi connectivity index (χ0v) is 34.2. The number of rotatable bonds is 13. The lowest BCUT2D eigenvalue weighted by Crippen LogP contribution is -2.49. The lowest BCUT2D eigenvalue weighted by atomic mass is 9.84. The van der Waals surface area contributed by atoms with Gasteiger partial charge in [0, 0.05) is 41.8 Å². The number of piperidine rings is 1. The number of aliphatic hydroxyl groups is 2. The summed E-state index contributed by atoms with van der Waals surface area (Å²) in [7, 11) is -4.03. The molecule has 12 heteroatoms. The lowest BCUT2D eigenvalue weighted by Gasteiger charge is -2.45. The van der Waals surface area contributed by atoms with Crippen molar-refractivity contribution >= 4 is 33.2 Å². The van der Waals surface area contributed by atoms with Gasteiger partial charge in [-0.15, -0.1) is 0 Å². The molecule has 1 unspecified atom stereocenters. The zero-order valence-electron chi connectivity index (χ0n) is 32.6. The fraction of sp³-hybridized carbons (Fsp3) is 0.326. The third-order valence-electron chi connectivity index (χ3n) is 11.3. The van der Waals surface area contributed by atoms with E-state index >= 15 is 0 Å². The average Bonchev–Trinajstić information content (AvgIpc) is 3.23. The number of amides is 1. The molecule has 7 rings (SSSR count). The first-order valence-corrected chi connectivity index (χ1v) is 21.5.